The summed E-state index contributed by atoms with van der Waals surface area (Å²) >= 11 is 3.34. The molecule has 2 N–H and O–H groups in total. The van der Waals surface area contributed by atoms with Crippen LogP contribution in [0.5, 0.6) is 0 Å². The molecule has 1 fully saturated rings. The average molecular weight is 571 g/mol. The molecule has 1 aliphatic carbocycles. The van der Waals surface area contributed by atoms with Gasteiger partial charge in [0.25, 0.3) is 0 Å². The largest absolute Gasteiger partial charge is 0.480 e. The molecule has 1 saturated carbocycles. The van der Waals surface area contributed by atoms with E-state index in [9.17, 15) is 14.7 Å². The summed E-state index contributed by atoms with van der Waals surface area (Å²) in [5, 5.41) is 13.3. The first kappa shape index (κ1) is 31.7. The lowest BCUT2D eigenvalue weighted by Gasteiger charge is -2.39. The van der Waals surface area contributed by atoms with E-state index in [0.717, 1.165) is 34.6 Å². The molecule has 39 heavy (non-hydrogen) atoms. The predicted octanol–water partition coefficient (Wildman–Crippen LogP) is 6.99. The van der Waals surface area contributed by atoms with Gasteiger partial charge in [0.2, 0.25) is 0 Å². The van der Waals surface area contributed by atoms with Gasteiger partial charge in [-0.15, -0.1) is 0 Å². The number of hydrogen-bond donors (Lipinski definition) is 2. The topological polar surface area (TPSA) is 69.6 Å². The number of rotatable bonds is 16. The third-order valence-corrected chi connectivity index (χ3v) is 9.99. The van der Waals surface area contributed by atoms with Gasteiger partial charge in [0, 0.05) is 24.0 Å². The minimum Gasteiger partial charge on any atom is -0.480 e. The Bertz CT molecular complexity index is 1060. The van der Waals surface area contributed by atoms with Crippen molar-refractivity contribution in [3.63, 3.8) is 0 Å². The Morgan fingerprint density at radius 1 is 1.05 bits per heavy atom. The molecule has 0 heterocycles. The maximum absolute atomic E-state index is 14.0. The van der Waals surface area contributed by atoms with E-state index in [1.54, 1.807) is 0 Å². The van der Waals surface area contributed by atoms with Crippen molar-refractivity contribution in [2.24, 2.45) is 5.92 Å². The van der Waals surface area contributed by atoms with Crippen LogP contribution < -0.4 is 5.32 Å². The summed E-state index contributed by atoms with van der Waals surface area (Å²) in [5.74, 6) is 1.72. The number of Topliss-reactive ketones (excluding diaryl/α,β-unsaturated/α-hetero) is 1. The van der Waals surface area contributed by atoms with Crippen molar-refractivity contribution >= 4 is 35.3 Å². The van der Waals surface area contributed by atoms with Crippen molar-refractivity contribution in [3.05, 3.63) is 59.7 Å². The zero-order valence-corrected chi connectivity index (χ0v) is 25.7. The molecule has 3 atom stereocenters. The minimum atomic E-state index is -0.848. The lowest BCUT2D eigenvalue weighted by atomic mass is 9.84. The zero-order chi connectivity index (χ0) is 28.2. The van der Waals surface area contributed by atoms with Crippen molar-refractivity contribution in [3.8, 4) is 11.1 Å². The highest BCUT2D eigenvalue weighted by Gasteiger charge is 2.36. The first-order valence-corrected chi connectivity index (χ1v) is 16.8. The van der Waals surface area contributed by atoms with Gasteiger partial charge in [-0.1, -0.05) is 87.6 Å². The fourth-order valence-electron chi connectivity index (χ4n) is 5.91. The number of ketones is 1. The van der Waals surface area contributed by atoms with Gasteiger partial charge in [-0.25, -0.2) is 0 Å². The molecule has 0 aromatic heterocycles. The number of aliphatic carboxylic acids is 1. The summed E-state index contributed by atoms with van der Waals surface area (Å²) in [4.78, 5) is 29.0. The highest BCUT2D eigenvalue weighted by molar-refractivity contribution is 8.00. The van der Waals surface area contributed by atoms with Gasteiger partial charge < -0.3 is 10.4 Å². The summed E-state index contributed by atoms with van der Waals surface area (Å²) in [6, 6.07) is 15.3. The summed E-state index contributed by atoms with van der Waals surface area (Å²) in [6.45, 7) is 4.71. The van der Waals surface area contributed by atoms with E-state index >= 15 is 0 Å². The molecule has 0 aliphatic heterocycles. The summed E-state index contributed by atoms with van der Waals surface area (Å²) in [5.41, 5.74) is 3.72. The van der Waals surface area contributed by atoms with Crippen LogP contribution in [-0.4, -0.2) is 70.6 Å². The highest BCUT2D eigenvalue weighted by Crippen LogP contribution is 2.33. The number of nitrogens with one attached hydrogen (secondary N) is 1. The minimum absolute atomic E-state index is 0.00349. The number of carbonyl (C=O) groups excluding carboxylic acids is 1. The van der Waals surface area contributed by atoms with Crippen molar-refractivity contribution < 1.29 is 14.7 Å². The lowest BCUT2D eigenvalue weighted by molar-refractivity contribution is -0.144. The molecular formula is C32H46N2O3S2. The van der Waals surface area contributed by atoms with Gasteiger partial charge >= 0.3 is 5.97 Å². The molecule has 0 spiro atoms. The Hall–Kier alpha value is -1.80. The Kier molecular flexibility index (Phi) is 13.4. The normalized spacial score (nSPS) is 16.6. The molecule has 3 rings (SSSR count). The van der Waals surface area contributed by atoms with Crippen LogP contribution in [0, 0.1) is 12.8 Å². The Balaban J connectivity index is 1.90. The van der Waals surface area contributed by atoms with E-state index in [1.807, 2.05) is 67.5 Å². The van der Waals surface area contributed by atoms with Crippen LogP contribution in [0.15, 0.2) is 48.5 Å². The second kappa shape index (κ2) is 16.5. The maximum atomic E-state index is 14.0. The smallest absolute Gasteiger partial charge is 0.321 e. The molecule has 2 aromatic rings. The highest BCUT2D eigenvalue weighted by atomic mass is 32.2. The lowest BCUT2D eigenvalue weighted by Crippen LogP contribution is -2.53. The Labute approximate surface area is 243 Å². The molecule has 0 radical (unpaired) electrons. The molecule has 2 unspecified atom stereocenters. The maximum Gasteiger partial charge on any atom is 0.321 e. The van der Waals surface area contributed by atoms with Crippen LogP contribution in [-0.2, 0) is 4.79 Å². The van der Waals surface area contributed by atoms with Crippen molar-refractivity contribution in [1.29, 1.82) is 0 Å². The summed E-state index contributed by atoms with van der Waals surface area (Å²) < 4.78 is 0. The van der Waals surface area contributed by atoms with Crippen LogP contribution >= 0.6 is 23.5 Å². The molecule has 0 amide bonds. The SMILES string of the molecule is CCSCC(CC1CCCCC1)N(CNC)[C@@H](CC(SC)C(=O)c1ccccc1-c1ccccc1C)C(=O)O. The fourth-order valence-corrected chi connectivity index (χ4v) is 7.46. The van der Waals surface area contributed by atoms with Crippen LogP contribution in [0.25, 0.3) is 11.1 Å². The number of carboxylic acid groups (broad SMARTS) is 1. The van der Waals surface area contributed by atoms with Crippen molar-refractivity contribution in [2.75, 3.05) is 31.5 Å². The standard InChI is InChI=1S/C32H46N2O3S2/c1-5-39-21-25(19-24-14-7-6-8-15-24)34(22-33-3)29(32(36)37)20-30(38-4)31(35)28-18-12-11-17-27(28)26-16-10-9-13-23(26)2/h9-13,16-18,24-25,29-30,33H,5-8,14-15,19-22H2,1-4H3,(H,36,37)/t25?,29-,30?/m0/s1. The van der Waals surface area contributed by atoms with E-state index in [4.69, 9.17) is 0 Å². The van der Waals surface area contributed by atoms with Gasteiger partial charge in [0.15, 0.2) is 5.78 Å². The van der Waals surface area contributed by atoms with Gasteiger partial charge in [-0.3, -0.25) is 14.5 Å². The van der Waals surface area contributed by atoms with Crippen LogP contribution in [0.4, 0.5) is 0 Å². The summed E-state index contributed by atoms with van der Waals surface area (Å²) in [6.07, 6.45) is 9.55. The zero-order valence-electron chi connectivity index (χ0n) is 24.0. The van der Waals surface area contributed by atoms with Crippen molar-refractivity contribution in [2.45, 2.75) is 76.1 Å². The number of benzene rings is 2. The second-order valence-electron chi connectivity index (χ2n) is 10.6. The molecule has 214 valence electrons. The molecule has 1 aliphatic rings. The van der Waals surface area contributed by atoms with Crippen LogP contribution in [0.1, 0.15) is 67.8 Å². The number of hydrogen-bond acceptors (Lipinski definition) is 6. The monoisotopic (exact) mass is 570 g/mol. The van der Waals surface area contributed by atoms with Gasteiger partial charge in [0.1, 0.15) is 6.04 Å². The van der Waals surface area contributed by atoms with Gasteiger partial charge in [0.05, 0.1) is 5.25 Å². The predicted molar refractivity (Wildman–Crippen MR) is 168 cm³/mol. The molecule has 2 aromatic carbocycles. The quantitative estimate of drug-likeness (QED) is 0.166. The second-order valence-corrected chi connectivity index (χ2v) is 13.0. The summed E-state index contributed by atoms with van der Waals surface area (Å²) in [7, 11) is 1.88. The number of carboxylic acids is 1. The number of carbonyl (C=O) groups is 2. The average Bonchev–Trinajstić information content (AvgIpc) is 2.95. The number of thioether (sulfide) groups is 2. The third kappa shape index (κ3) is 8.84. The van der Waals surface area contributed by atoms with E-state index in [-0.39, 0.29) is 18.2 Å². The van der Waals surface area contributed by atoms with E-state index < -0.39 is 17.3 Å². The van der Waals surface area contributed by atoms with E-state index in [1.165, 1.54) is 43.9 Å². The van der Waals surface area contributed by atoms with E-state index in [0.29, 0.717) is 18.2 Å². The van der Waals surface area contributed by atoms with E-state index in [2.05, 4.69) is 30.1 Å². The van der Waals surface area contributed by atoms with Crippen LogP contribution in [0.3, 0.4) is 0 Å². The van der Waals surface area contributed by atoms with Gasteiger partial charge in [-0.2, -0.15) is 23.5 Å². The molecule has 5 nitrogen and oxygen atoms in total. The Morgan fingerprint density at radius 2 is 1.72 bits per heavy atom. The number of nitrogens with zero attached hydrogens (tertiary/aromatic N) is 1. The molecule has 0 saturated heterocycles. The fraction of sp³-hybridized carbons (Fsp3) is 0.562. The molecular weight excluding hydrogens is 524 g/mol. The third-order valence-electron chi connectivity index (χ3n) is 7.98. The van der Waals surface area contributed by atoms with Crippen molar-refractivity contribution in [1.82, 2.24) is 10.2 Å². The number of aryl methyl sites for hydroxylation is 1. The Morgan fingerprint density at radius 3 is 2.33 bits per heavy atom. The first-order valence-electron chi connectivity index (χ1n) is 14.3. The van der Waals surface area contributed by atoms with Gasteiger partial charge in [-0.05, 0) is 61.4 Å². The molecule has 7 heteroatoms. The molecule has 0 bridgehead atoms. The first-order chi connectivity index (χ1) is 18.9. The van der Waals surface area contributed by atoms with Crippen LogP contribution in [0.2, 0.25) is 0 Å².